The van der Waals surface area contributed by atoms with Gasteiger partial charge in [-0.05, 0) is 87.6 Å². The Balaban J connectivity index is 1.37. The summed E-state index contributed by atoms with van der Waals surface area (Å²) in [7, 11) is -2.17. The fourth-order valence-electron chi connectivity index (χ4n) is 6.87. The Labute approximate surface area is 275 Å². The molecule has 0 aliphatic carbocycles. The summed E-state index contributed by atoms with van der Waals surface area (Å²) in [6.45, 7) is 1.59. The fourth-order valence-corrected chi connectivity index (χ4v) is 8.80. The van der Waals surface area contributed by atoms with E-state index in [1.54, 1.807) is 22.5 Å². The highest BCUT2D eigenvalue weighted by Gasteiger charge is 2.38. The first kappa shape index (κ1) is 34.6. The van der Waals surface area contributed by atoms with E-state index in [4.69, 9.17) is 21.1 Å². The average Bonchev–Trinajstić information content (AvgIpc) is 3.16. The molecule has 3 aliphatic rings. The lowest BCUT2D eigenvalue weighted by Crippen LogP contribution is -2.57. The molecule has 3 aliphatic heterocycles. The molecule has 0 spiro atoms. The third kappa shape index (κ3) is 8.77. The molecule has 3 saturated heterocycles. The second-order valence-electron chi connectivity index (χ2n) is 12.4. The predicted octanol–water partition coefficient (Wildman–Crippen LogP) is 4.97. The maximum absolute atomic E-state index is 15.4. The normalized spacial score (nSPS) is 25.5. The number of benzene rings is 2. The van der Waals surface area contributed by atoms with Gasteiger partial charge in [0, 0.05) is 54.0 Å². The molecule has 2 aromatic rings. The molecule has 0 saturated carbocycles. The van der Waals surface area contributed by atoms with E-state index in [1.807, 2.05) is 12.1 Å². The number of alkyl carbamates (subject to hydrolysis) is 1. The Morgan fingerprint density at radius 1 is 1.13 bits per heavy atom. The van der Waals surface area contributed by atoms with E-state index < -0.39 is 39.8 Å². The van der Waals surface area contributed by atoms with Gasteiger partial charge >= 0.3 is 6.09 Å². The van der Waals surface area contributed by atoms with Gasteiger partial charge in [0.25, 0.3) is 0 Å². The highest BCUT2D eigenvalue weighted by Crippen LogP contribution is 2.32. The van der Waals surface area contributed by atoms with Crippen LogP contribution in [0.5, 0.6) is 0 Å². The summed E-state index contributed by atoms with van der Waals surface area (Å²) in [6, 6.07) is 10.3. The zero-order chi connectivity index (χ0) is 32.7. The zero-order valence-electron chi connectivity index (χ0n) is 26.2. The van der Waals surface area contributed by atoms with Crippen molar-refractivity contribution in [3.63, 3.8) is 0 Å². The number of sulfonamides is 1. The standard InChI is InChI=1S/C33H44ClFN4O6S/c1-44-33(41)38-31(27(22-10-12-23(34)13-11-22)17-15-26-7-2-3-18-45-26)32(40)37-30-9-4-8-29(35)28(30)16-14-25-20-36-24-6-5-19-46(42,43)39(25)21-24/h4,8-13,24-27,31,36H,2-3,5-7,14-21H2,1H3,(H,37,40)(H,38,41). The largest absolute Gasteiger partial charge is 0.453 e. The van der Waals surface area contributed by atoms with Gasteiger partial charge in [-0.2, -0.15) is 4.31 Å². The van der Waals surface area contributed by atoms with Crippen LogP contribution >= 0.6 is 11.6 Å². The van der Waals surface area contributed by atoms with Crippen molar-refractivity contribution < 1.29 is 31.9 Å². The van der Waals surface area contributed by atoms with Crippen molar-refractivity contribution in [2.45, 2.75) is 87.9 Å². The molecule has 6 atom stereocenters. The SMILES string of the molecule is COC(=O)NC(C(=O)Nc1cccc(F)c1CCC1CNC2CCCS(=O)(=O)N1C2)C(CCC1CCCCO1)c1ccc(Cl)cc1. The minimum absolute atomic E-state index is 0.0535. The first-order valence-electron chi connectivity index (χ1n) is 16.2. The molecule has 13 heteroatoms. The highest BCUT2D eigenvalue weighted by molar-refractivity contribution is 7.89. The monoisotopic (exact) mass is 678 g/mol. The number of methoxy groups -OCH3 is 1. The molecular weight excluding hydrogens is 635 g/mol. The van der Waals surface area contributed by atoms with Crippen LogP contribution < -0.4 is 16.0 Å². The molecule has 252 valence electrons. The van der Waals surface area contributed by atoms with Gasteiger partial charge in [0.1, 0.15) is 11.9 Å². The van der Waals surface area contributed by atoms with Crippen LogP contribution in [0.3, 0.4) is 0 Å². The lowest BCUT2D eigenvalue weighted by atomic mass is 9.85. The number of hydrogen-bond donors (Lipinski definition) is 3. The number of amides is 2. The summed E-state index contributed by atoms with van der Waals surface area (Å²) in [5.74, 6) is -1.38. The van der Waals surface area contributed by atoms with Crippen molar-refractivity contribution in [2.75, 3.05) is 37.9 Å². The molecule has 2 aromatic carbocycles. The lowest BCUT2D eigenvalue weighted by Gasteiger charge is -2.37. The number of carbonyl (C=O) groups excluding carboxylic acids is 2. The van der Waals surface area contributed by atoms with E-state index in [0.29, 0.717) is 50.4 Å². The van der Waals surface area contributed by atoms with Crippen molar-refractivity contribution in [1.29, 1.82) is 0 Å². The molecule has 0 radical (unpaired) electrons. The molecule has 2 amide bonds. The maximum atomic E-state index is 15.4. The lowest BCUT2D eigenvalue weighted by molar-refractivity contribution is -0.118. The van der Waals surface area contributed by atoms with E-state index in [2.05, 4.69) is 16.0 Å². The van der Waals surface area contributed by atoms with Gasteiger partial charge in [0.15, 0.2) is 0 Å². The van der Waals surface area contributed by atoms with Crippen LogP contribution in [0.25, 0.3) is 0 Å². The van der Waals surface area contributed by atoms with Gasteiger partial charge in [-0.15, -0.1) is 0 Å². The summed E-state index contributed by atoms with van der Waals surface area (Å²) in [5.41, 5.74) is 1.35. The number of hydrogen-bond acceptors (Lipinski definition) is 7. The van der Waals surface area contributed by atoms with Crippen LogP contribution in [0.1, 0.15) is 68.4 Å². The quantitative estimate of drug-likeness (QED) is 0.306. The number of anilines is 1. The van der Waals surface area contributed by atoms with Crippen molar-refractivity contribution >= 4 is 39.3 Å². The van der Waals surface area contributed by atoms with Gasteiger partial charge in [-0.1, -0.05) is 29.8 Å². The zero-order valence-corrected chi connectivity index (χ0v) is 27.8. The number of rotatable bonds is 11. The highest BCUT2D eigenvalue weighted by atomic mass is 35.5. The van der Waals surface area contributed by atoms with Crippen LogP contribution in [-0.4, -0.2) is 81.5 Å². The second kappa shape index (κ2) is 15.9. The number of halogens is 2. The minimum Gasteiger partial charge on any atom is -0.453 e. The van der Waals surface area contributed by atoms with E-state index in [9.17, 15) is 18.0 Å². The van der Waals surface area contributed by atoms with Gasteiger partial charge < -0.3 is 25.4 Å². The van der Waals surface area contributed by atoms with E-state index in [1.165, 1.54) is 19.2 Å². The molecule has 10 nitrogen and oxygen atoms in total. The molecule has 3 heterocycles. The molecule has 2 bridgehead atoms. The van der Waals surface area contributed by atoms with Crippen LogP contribution in [0.4, 0.5) is 14.9 Å². The fraction of sp³-hybridized carbons (Fsp3) is 0.576. The maximum Gasteiger partial charge on any atom is 0.407 e. The third-order valence-corrected chi connectivity index (χ3v) is 11.6. The number of fused-ring (bicyclic) bond motifs is 2. The van der Waals surface area contributed by atoms with Gasteiger partial charge in [-0.3, -0.25) is 4.79 Å². The molecular formula is C33H44ClFN4O6S. The number of nitrogens with zero attached hydrogens (tertiary/aromatic N) is 1. The summed E-state index contributed by atoms with van der Waals surface area (Å²) < 4.78 is 53.7. The topological polar surface area (TPSA) is 126 Å². The van der Waals surface area contributed by atoms with Crippen LogP contribution in [0, 0.1) is 5.82 Å². The van der Waals surface area contributed by atoms with E-state index >= 15 is 4.39 Å². The van der Waals surface area contributed by atoms with Crippen molar-refractivity contribution in [3.8, 4) is 0 Å². The number of piperazine rings is 1. The average molecular weight is 679 g/mol. The summed E-state index contributed by atoms with van der Waals surface area (Å²) in [4.78, 5) is 26.6. The van der Waals surface area contributed by atoms with Crippen LogP contribution in [-0.2, 0) is 30.7 Å². The smallest absolute Gasteiger partial charge is 0.407 e. The van der Waals surface area contributed by atoms with Crippen molar-refractivity contribution in [2.24, 2.45) is 0 Å². The van der Waals surface area contributed by atoms with E-state index in [0.717, 1.165) is 31.2 Å². The summed E-state index contributed by atoms with van der Waals surface area (Å²) in [6.07, 6.45) is 5.52. The molecule has 3 N–H and O–H groups in total. The Morgan fingerprint density at radius 2 is 1.93 bits per heavy atom. The number of ether oxygens (including phenoxy) is 2. The van der Waals surface area contributed by atoms with Gasteiger partial charge in [-0.25, -0.2) is 17.6 Å². The molecule has 46 heavy (non-hydrogen) atoms. The molecule has 5 rings (SSSR count). The molecule has 0 aromatic heterocycles. The predicted molar refractivity (Wildman–Crippen MR) is 175 cm³/mol. The minimum atomic E-state index is -3.40. The van der Waals surface area contributed by atoms with Crippen molar-refractivity contribution in [1.82, 2.24) is 14.9 Å². The van der Waals surface area contributed by atoms with Crippen molar-refractivity contribution in [3.05, 3.63) is 64.4 Å². The second-order valence-corrected chi connectivity index (χ2v) is 14.9. The Hall–Kier alpha value is -2.77. The first-order chi connectivity index (χ1) is 22.1. The molecule has 6 unspecified atom stereocenters. The number of carbonyl (C=O) groups is 2. The van der Waals surface area contributed by atoms with E-state index in [-0.39, 0.29) is 41.6 Å². The Bertz CT molecular complexity index is 1460. The van der Waals surface area contributed by atoms with Crippen LogP contribution in [0.15, 0.2) is 42.5 Å². The summed E-state index contributed by atoms with van der Waals surface area (Å²) >= 11 is 6.18. The summed E-state index contributed by atoms with van der Waals surface area (Å²) in [5, 5.41) is 9.59. The Kier molecular flexibility index (Phi) is 11.9. The van der Waals surface area contributed by atoms with Gasteiger partial charge in [0.05, 0.1) is 19.0 Å². The molecule has 3 fully saturated rings. The first-order valence-corrected chi connectivity index (χ1v) is 18.2. The van der Waals surface area contributed by atoms with Crippen LogP contribution in [0.2, 0.25) is 5.02 Å². The van der Waals surface area contributed by atoms with Gasteiger partial charge in [0.2, 0.25) is 15.9 Å². The number of nitrogens with one attached hydrogen (secondary N) is 3. The third-order valence-electron chi connectivity index (χ3n) is 9.38. The Morgan fingerprint density at radius 3 is 2.67 bits per heavy atom.